The first-order valence-corrected chi connectivity index (χ1v) is 49.4. The molecular formula is C134H132. The van der Waals surface area contributed by atoms with Crippen molar-refractivity contribution in [2.45, 2.75) is 171 Å². The highest BCUT2D eigenvalue weighted by atomic mass is 14.5. The van der Waals surface area contributed by atoms with Crippen molar-refractivity contribution < 1.29 is 0 Å². The van der Waals surface area contributed by atoms with Gasteiger partial charge >= 0.3 is 0 Å². The van der Waals surface area contributed by atoms with E-state index >= 15 is 0 Å². The lowest BCUT2D eigenvalue weighted by Crippen LogP contribution is -2.28. The average Bonchev–Trinajstić information content (AvgIpc) is 1.51. The molecule has 19 aromatic carbocycles. The smallest absolute Gasteiger partial charge is 0.0683 e. The van der Waals surface area contributed by atoms with E-state index in [9.17, 15) is 0 Å². The van der Waals surface area contributed by atoms with E-state index in [2.05, 4.69) is 492 Å². The monoisotopic (exact) mass is 1740 g/mol. The van der Waals surface area contributed by atoms with Crippen molar-refractivity contribution in [1.29, 1.82) is 0 Å². The molecule has 0 bridgehead atoms. The minimum absolute atomic E-state index is 0.0901. The molecule has 7 aliphatic rings. The van der Waals surface area contributed by atoms with E-state index in [0.717, 1.165) is 0 Å². The maximum atomic E-state index is 2.37. The first-order valence-electron chi connectivity index (χ1n) is 49.4. The van der Waals surface area contributed by atoms with Crippen LogP contribution < -0.4 is 0 Å². The second-order valence-corrected chi connectivity index (χ2v) is 35.9. The van der Waals surface area contributed by atoms with E-state index in [1.165, 1.54) is 199 Å². The maximum Gasteiger partial charge on any atom is 0.0725 e. The highest BCUT2D eigenvalue weighted by molar-refractivity contribution is 6.03. The zero-order chi connectivity index (χ0) is 94.7. The fourth-order valence-corrected chi connectivity index (χ4v) is 22.6. The third kappa shape index (κ3) is 16.0. The van der Waals surface area contributed by atoms with Crippen LogP contribution in [0.25, 0.3) is 110 Å². The van der Waals surface area contributed by atoms with Crippen molar-refractivity contribution in [3.8, 4) is 77.9 Å². The highest BCUT2D eigenvalue weighted by Gasteiger charge is 2.52. The zero-order valence-electron chi connectivity index (χ0n) is 82.6. The van der Waals surface area contributed by atoms with E-state index in [0.29, 0.717) is 0 Å². The van der Waals surface area contributed by atoms with Gasteiger partial charge in [-0.05, 0) is 211 Å². The third-order valence-corrected chi connectivity index (χ3v) is 28.1. The van der Waals surface area contributed by atoms with Gasteiger partial charge in [-0.2, -0.15) is 0 Å². The van der Waals surface area contributed by atoms with Gasteiger partial charge in [-0.15, -0.1) is 0 Å². The van der Waals surface area contributed by atoms with Crippen molar-refractivity contribution in [2.75, 3.05) is 0 Å². The van der Waals surface area contributed by atoms with Crippen LogP contribution >= 0.6 is 0 Å². The first-order chi connectivity index (χ1) is 65.6. The Balaban J connectivity index is 0.000000121. The molecule has 1 spiro atoms. The molecule has 7 aliphatic carbocycles. The van der Waals surface area contributed by atoms with Crippen molar-refractivity contribution in [1.82, 2.24) is 0 Å². The normalized spacial score (nSPS) is 13.9. The molecule has 134 heavy (non-hydrogen) atoms. The lowest BCUT2D eigenvalue weighted by molar-refractivity contribution is 0.660. The van der Waals surface area contributed by atoms with Gasteiger partial charge in [-0.25, -0.2) is 0 Å². The minimum atomic E-state index is -0.254. The van der Waals surface area contributed by atoms with Crippen LogP contribution in [0.4, 0.5) is 0 Å². The van der Waals surface area contributed by atoms with Gasteiger partial charge in [0.25, 0.3) is 0 Å². The summed E-state index contributed by atoms with van der Waals surface area (Å²) in [6, 6.07) is 159. The van der Waals surface area contributed by atoms with Gasteiger partial charge in [0.15, 0.2) is 0 Å². The Bertz CT molecular complexity index is 6850. The second kappa shape index (κ2) is 40.6. The molecule has 0 saturated heterocycles. The molecule has 0 aromatic heterocycles. The molecule has 0 heteroatoms. The Labute approximate surface area is 801 Å². The Hall–Kier alpha value is -14.0. The standard InChI is InChI=1S/C25H16.C25H18.3C19H16.C15H14.6C2H6/c1-5-13-21-17(9-1)18-10-2-6-14-22(18)25(21)23-15-7-3-11-19(23)20-12-4-8-16-24(20)25;1-3-11-19(12-4-1)25(20-13-5-2-6-14-20)23-17-9-7-15-21(23)22-16-8-10-18-24(22)25;1-19(2)17-10-6-5-9-15(17)16-11-13-7-3-4-8-14(13)12-18(16)19;1-19(2)17-10-6-5-9-15(17)16-12-11-13-7-3-4-8-14(13)18(16)19;1-19(2)16-10-6-5-9-15(16)18-14-8-4-3-7-13(14)11-12-17(18)19;1-15(2)13-9-5-3-7-11(13)12-8-4-6-10-14(12)15;6*1-2/h1-16H;1-18H;3*3-12H,1-2H3;3-10H,1-2H3;6*1-2H3. The SMILES string of the molecule is CC.CC.CC.CC.CC.CC.CC1(C)c2ccccc2-c2c1ccc1ccccc21.CC1(C)c2ccccc2-c2cc3ccccc3cc21.CC1(C)c2ccccc2-c2ccc3ccccc3c21.CC1(C)c2ccccc2-c2ccccc21.c1ccc(C2(c3ccccc3)c3ccccc3-c3ccccc32)cc1.c1ccc2c(c1)-c1ccccc1C21c2ccccc2-c2ccccc21. The van der Waals surface area contributed by atoms with E-state index in [4.69, 9.17) is 0 Å². The van der Waals surface area contributed by atoms with E-state index < -0.39 is 0 Å². The molecule has 668 valence electrons. The fraction of sp³-hybridized carbons (Fsp3) is 0.194. The van der Waals surface area contributed by atoms with Crippen LogP contribution in [0.15, 0.2) is 437 Å². The molecule has 0 unspecified atom stereocenters. The quantitative estimate of drug-likeness (QED) is 0.162. The van der Waals surface area contributed by atoms with E-state index in [1.54, 1.807) is 0 Å². The van der Waals surface area contributed by atoms with E-state index in [-0.39, 0.29) is 32.5 Å². The van der Waals surface area contributed by atoms with Gasteiger partial charge in [0.1, 0.15) is 0 Å². The molecule has 0 fully saturated rings. The lowest BCUT2D eigenvalue weighted by Gasteiger charge is -2.33. The van der Waals surface area contributed by atoms with Crippen LogP contribution in [0, 0.1) is 0 Å². The highest BCUT2D eigenvalue weighted by Crippen LogP contribution is 2.64. The molecule has 0 heterocycles. The van der Waals surface area contributed by atoms with Crippen molar-refractivity contribution in [3.63, 3.8) is 0 Å². The summed E-state index contributed by atoms with van der Waals surface area (Å²) in [6.45, 7) is 42.6. The summed E-state index contributed by atoms with van der Waals surface area (Å²) in [5.74, 6) is 0. The van der Waals surface area contributed by atoms with Gasteiger partial charge in [-0.1, -0.05) is 563 Å². The van der Waals surface area contributed by atoms with Gasteiger partial charge in [0, 0.05) is 21.7 Å². The predicted molar refractivity (Wildman–Crippen MR) is 583 cm³/mol. The summed E-state index contributed by atoms with van der Waals surface area (Å²) < 4.78 is 0. The van der Waals surface area contributed by atoms with E-state index in [1.807, 2.05) is 83.1 Å². The van der Waals surface area contributed by atoms with Crippen LogP contribution in [0.5, 0.6) is 0 Å². The van der Waals surface area contributed by atoms with Gasteiger partial charge in [-0.3, -0.25) is 0 Å². The maximum absolute atomic E-state index is 2.37. The molecule has 0 atom stereocenters. The van der Waals surface area contributed by atoms with Crippen LogP contribution in [0.2, 0.25) is 0 Å². The van der Waals surface area contributed by atoms with Crippen molar-refractivity contribution in [2.24, 2.45) is 0 Å². The molecule has 0 N–H and O–H groups in total. The first kappa shape index (κ1) is 94.6. The number of hydrogen-bond acceptors (Lipinski definition) is 0. The fourth-order valence-electron chi connectivity index (χ4n) is 22.6. The number of benzene rings is 19. The predicted octanol–water partition coefficient (Wildman–Crippen LogP) is 37.7. The molecule has 19 aromatic rings. The summed E-state index contributed by atoms with van der Waals surface area (Å²) in [6.07, 6.45) is 0. The van der Waals surface area contributed by atoms with Crippen LogP contribution in [-0.2, 0) is 32.5 Å². The van der Waals surface area contributed by atoms with Gasteiger partial charge in [0.2, 0.25) is 0 Å². The lowest BCUT2D eigenvalue weighted by atomic mass is 9.68. The third-order valence-electron chi connectivity index (χ3n) is 28.1. The second-order valence-electron chi connectivity index (χ2n) is 35.9. The molecule has 0 saturated carbocycles. The number of fused-ring (bicyclic) bond motifs is 30. The molecule has 0 aliphatic heterocycles. The summed E-state index contributed by atoms with van der Waals surface area (Å²) in [5, 5.41) is 8.09. The van der Waals surface area contributed by atoms with Gasteiger partial charge in [0.05, 0.1) is 10.8 Å². The van der Waals surface area contributed by atoms with Gasteiger partial charge < -0.3 is 0 Å². The minimum Gasteiger partial charge on any atom is -0.0683 e. The van der Waals surface area contributed by atoms with Crippen LogP contribution in [0.3, 0.4) is 0 Å². The topological polar surface area (TPSA) is 0 Å². The Morgan fingerprint density at radius 1 is 0.134 bits per heavy atom. The molecule has 0 nitrogen and oxygen atoms in total. The average molecular weight is 1740 g/mol. The molecule has 0 radical (unpaired) electrons. The van der Waals surface area contributed by atoms with Crippen molar-refractivity contribution >= 4 is 32.3 Å². The number of hydrogen-bond donors (Lipinski definition) is 0. The molecular weight excluding hydrogens is 1610 g/mol. The summed E-state index contributed by atoms with van der Waals surface area (Å²) >= 11 is 0. The van der Waals surface area contributed by atoms with Crippen LogP contribution in [-0.4, -0.2) is 0 Å². The van der Waals surface area contributed by atoms with Crippen LogP contribution in [0.1, 0.15) is 227 Å². The summed E-state index contributed by atoms with van der Waals surface area (Å²) in [7, 11) is 0. The summed E-state index contributed by atoms with van der Waals surface area (Å²) in [5.41, 5.74) is 42.0. The van der Waals surface area contributed by atoms with Crippen molar-refractivity contribution in [3.05, 3.63) is 526 Å². The Kier molecular flexibility index (Phi) is 28.6. The number of rotatable bonds is 2. The zero-order valence-corrected chi connectivity index (χ0v) is 82.6. The largest absolute Gasteiger partial charge is 0.0725 e. The summed E-state index contributed by atoms with van der Waals surface area (Å²) in [4.78, 5) is 0. The Morgan fingerprint density at radius 3 is 0.739 bits per heavy atom. The molecule has 26 rings (SSSR count). The molecule has 0 amide bonds. The Morgan fingerprint density at radius 2 is 0.366 bits per heavy atom.